The minimum atomic E-state index is -0.682. The summed E-state index contributed by atoms with van der Waals surface area (Å²) in [5.74, 6) is -3.33. The number of benzene rings is 3. The van der Waals surface area contributed by atoms with Crippen LogP contribution in [-0.2, 0) is 9.59 Å². The van der Waals surface area contributed by atoms with Crippen molar-refractivity contribution in [3.8, 4) is 11.5 Å². The Hall–Kier alpha value is -3.54. The molecular formula is C32H25Br2ClN2O7. The first-order valence-corrected chi connectivity index (χ1v) is 16.0. The van der Waals surface area contributed by atoms with Crippen LogP contribution in [0.4, 0.5) is 0 Å². The van der Waals surface area contributed by atoms with Gasteiger partial charge in [-0.1, -0.05) is 49.5 Å². The summed E-state index contributed by atoms with van der Waals surface area (Å²) in [5.41, 5.74) is 0.649. The van der Waals surface area contributed by atoms with Gasteiger partial charge < -0.3 is 9.47 Å². The normalized spacial score (nSPS) is 25.1. The third kappa shape index (κ3) is 5.35. The number of Topliss-reactive ketones (excluding diaryl/α,β-unsaturated/α-hetero) is 1. The average Bonchev–Trinajstić information content (AvgIpc) is 3.65. The Morgan fingerprint density at radius 2 is 1.43 bits per heavy atom. The summed E-state index contributed by atoms with van der Waals surface area (Å²) < 4.78 is 10.6. The lowest BCUT2D eigenvalue weighted by Crippen LogP contribution is -2.52. The molecule has 3 aliphatic rings. The molecule has 2 saturated carbocycles. The van der Waals surface area contributed by atoms with Gasteiger partial charge in [0.05, 0.1) is 24.5 Å². The summed E-state index contributed by atoms with van der Waals surface area (Å²) in [6.45, 7) is -0.563. The van der Waals surface area contributed by atoms with E-state index >= 15 is 0 Å². The fraction of sp³-hybridized carbons (Fsp3) is 0.281. The molecule has 6 rings (SSSR count). The third-order valence-corrected chi connectivity index (χ3v) is 12.0. The van der Waals surface area contributed by atoms with Gasteiger partial charge in [0.25, 0.3) is 17.7 Å². The molecule has 3 amide bonds. The number of methoxy groups -OCH3 is 1. The molecule has 226 valence electrons. The molecule has 3 aromatic carbocycles. The fourth-order valence-electron chi connectivity index (χ4n) is 6.40. The van der Waals surface area contributed by atoms with Crippen molar-refractivity contribution in [2.75, 3.05) is 13.7 Å². The van der Waals surface area contributed by atoms with Crippen LogP contribution in [0.2, 0.25) is 5.02 Å². The second kappa shape index (κ2) is 12.1. The van der Waals surface area contributed by atoms with Gasteiger partial charge in [0.1, 0.15) is 18.0 Å². The summed E-state index contributed by atoms with van der Waals surface area (Å²) in [6.07, 6.45) is 0.727. The molecule has 2 aliphatic carbocycles. The predicted octanol–water partition coefficient (Wildman–Crippen LogP) is 5.59. The molecule has 1 aliphatic heterocycles. The number of fused-ring (bicyclic) bond motifs is 5. The SMILES string of the molecule is COc1cccc(C(=O)Oc2ccc(C(=O)CN(C(=O)c3ccc(Cl)cc3)N3C(=O)[C@@H]4[C@H]5C[C@@H]([C@@H](Br)[C@H]5Br)[C@H]4C3=O)cc2)c1. The van der Waals surface area contributed by atoms with Crippen molar-refractivity contribution in [1.29, 1.82) is 0 Å². The Bertz CT molecular complexity index is 1630. The maximum atomic E-state index is 13.8. The monoisotopic (exact) mass is 742 g/mol. The zero-order valence-electron chi connectivity index (χ0n) is 23.2. The van der Waals surface area contributed by atoms with E-state index in [1.807, 2.05) is 0 Å². The van der Waals surface area contributed by atoms with Crippen LogP contribution in [0.15, 0.2) is 72.8 Å². The first-order valence-electron chi connectivity index (χ1n) is 13.8. The van der Waals surface area contributed by atoms with Crippen LogP contribution in [0.5, 0.6) is 11.5 Å². The largest absolute Gasteiger partial charge is 0.497 e. The highest BCUT2D eigenvalue weighted by Gasteiger charge is 2.67. The number of carbonyl (C=O) groups excluding carboxylic acids is 5. The molecule has 3 aromatic rings. The highest BCUT2D eigenvalue weighted by molar-refractivity contribution is 9.12. The van der Waals surface area contributed by atoms with Crippen molar-refractivity contribution < 1.29 is 33.4 Å². The van der Waals surface area contributed by atoms with Crippen molar-refractivity contribution in [1.82, 2.24) is 10.0 Å². The third-order valence-electron chi connectivity index (χ3n) is 8.52. The lowest BCUT2D eigenvalue weighted by atomic mass is 9.81. The molecule has 44 heavy (non-hydrogen) atoms. The first kappa shape index (κ1) is 30.5. The minimum Gasteiger partial charge on any atom is -0.497 e. The number of hydrazine groups is 1. The summed E-state index contributed by atoms with van der Waals surface area (Å²) >= 11 is 13.4. The van der Waals surface area contributed by atoms with Crippen LogP contribution in [0.25, 0.3) is 0 Å². The molecule has 0 N–H and O–H groups in total. The van der Waals surface area contributed by atoms with Crippen molar-refractivity contribution in [3.63, 3.8) is 0 Å². The van der Waals surface area contributed by atoms with Gasteiger partial charge in [-0.05, 0) is 85.0 Å². The number of ketones is 1. The van der Waals surface area contributed by atoms with Gasteiger partial charge in [0, 0.05) is 25.8 Å². The van der Waals surface area contributed by atoms with Crippen LogP contribution in [-0.4, -0.2) is 62.8 Å². The van der Waals surface area contributed by atoms with Gasteiger partial charge >= 0.3 is 5.97 Å². The van der Waals surface area contributed by atoms with Crippen LogP contribution < -0.4 is 9.47 Å². The molecule has 12 heteroatoms. The minimum absolute atomic E-state index is 0.0176. The maximum Gasteiger partial charge on any atom is 0.343 e. The van der Waals surface area contributed by atoms with Crippen LogP contribution >= 0.6 is 43.5 Å². The van der Waals surface area contributed by atoms with Crippen LogP contribution in [0, 0.1) is 23.7 Å². The zero-order chi connectivity index (χ0) is 31.3. The summed E-state index contributed by atoms with van der Waals surface area (Å²) in [7, 11) is 1.49. The van der Waals surface area contributed by atoms with Gasteiger partial charge in [0.2, 0.25) is 0 Å². The molecule has 6 atom stereocenters. The fourth-order valence-corrected chi connectivity index (χ4v) is 8.40. The summed E-state index contributed by atoms with van der Waals surface area (Å²) in [5, 5.41) is 2.22. The maximum absolute atomic E-state index is 13.8. The lowest BCUT2D eigenvalue weighted by Gasteiger charge is -2.31. The van der Waals surface area contributed by atoms with Gasteiger partial charge in [0.15, 0.2) is 5.78 Å². The van der Waals surface area contributed by atoms with E-state index in [1.54, 1.807) is 24.3 Å². The highest BCUT2D eigenvalue weighted by Crippen LogP contribution is 2.60. The Kier molecular flexibility index (Phi) is 8.38. The van der Waals surface area contributed by atoms with E-state index < -0.39 is 47.9 Å². The smallest absolute Gasteiger partial charge is 0.343 e. The van der Waals surface area contributed by atoms with Gasteiger partial charge in [-0.3, -0.25) is 19.2 Å². The number of alkyl halides is 2. The molecular weight excluding hydrogens is 720 g/mol. The Balaban J connectivity index is 1.24. The van der Waals surface area contributed by atoms with E-state index in [4.69, 9.17) is 21.1 Å². The summed E-state index contributed by atoms with van der Waals surface area (Å²) in [6, 6.07) is 18.3. The van der Waals surface area contributed by atoms with E-state index in [0.717, 1.165) is 16.4 Å². The van der Waals surface area contributed by atoms with Crippen LogP contribution in [0.3, 0.4) is 0 Å². The van der Waals surface area contributed by atoms with Crippen molar-refractivity contribution in [3.05, 3.63) is 94.5 Å². The number of imide groups is 1. The molecule has 1 heterocycles. The number of nitrogens with zero attached hydrogens (tertiary/aromatic N) is 2. The van der Waals surface area contributed by atoms with Gasteiger partial charge in [-0.2, -0.15) is 5.01 Å². The highest BCUT2D eigenvalue weighted by atomic mass is 79.9. The van der Waals surface area contributed by atoms with Crippen molar-refractivity contribution in [2.24, 2.45) is 23.7 Å². The van der Waals surface area contributed by atoms with E-state index in [2.05, 4.69) is 31.9 Å². The number of ether oxygens (including phenoxy) is 2. The molecule has 0 radical (unpaired) electrons. The van der Waals surface area contributed by atoms with Crippen molar-refractivity contribution in [2.45, 2.75) is 16.1 Å². The number of rotatable bonds is 8. The van der Waals surface area contributed by atoms with Gasteiger partial charge in [-0.25, -0.2) is 9.80 Å². The average molecular weight is 745 g/mol. The zero-order valence-corrected chi connectivity index (χ0v) is 27.1. The number of hydrogen-bond donors (Lipinski definition) is 0. The summed E-state index contributed by atoms with van der Waals surface area (Å²) in [4.78, 5) is 67.5. The van der Waals surface area contributed by atoms with Crippen molar-refractivity contribution >= 4 is 72.9 Å². The topological polar surface area (TPSA) is 110 Å². The van der Waals surface area contributed by atoms with E-state index in [-0.39, 0.29) is 43.9 Å². The van der Waals surface area contributed by atoms with E-state index in [1.165, 1.54) is 55.6 Å². The predicted molar refractivity (Wildman–Crippen MR) is 167 cm³/mol. The Morgan fingerprint density at radius 1 is 0.841 bits per heavy atom. The first-order chi connectivity index (χ1) is 21.1. The van der Waals surface area contributed by atoms with Gasteiger partial charge in [-0.15, -0.1) is 0 Å². The number of halogens is 3. The number of hydrogen-bond acceptors (Lipinski definition) is 7. The Morgan fingerprint density at radius 3 is 2.02 bits per heavy atom. The molecule has 1 saturated heterocycles. The van der Waals surface area contributed by atoms with Crippen LogP contribution in [0.1, 0.15) is 37.5 Å². The number of amides is 3. The lowest BCUT2D eigenvalue weighted by molar-refractivity contribution is -0.154. The number of esters is 1. The molecule has 3 fully saturated rings. The molecule has 9 nitrogen and oxygen atoms in total. The molecule has 0 spiro atoms. The quantitative estimate of drug-likeness (QED) is 0.0974. The van der Waals surface area contributed by atoms with E-state index in [9.17, 15) is 24.0 Å². The second-order valence-electron chi connectivity index (χ2n) is 10.9. The standard InChI is InChI=1S/C32H25Br2ClN2O7/c1-43-21-4-2-3-18(13-21)32(42)44-20-11-7-16(8-12-20)24(38)15-36(29(39)17-5-9-19(35)10-6-17)37-30(40)25-22-14-23(26(25)31(37)41)28(34)27(22)33/h2-13,22-23,25-28H,14-15H2,1H3/t22-,23-,25-,26-,27-,28+/m1/s1. The van der Waals surface area contributed by atoms with E-state index in [0.29, 0.717) is 10.8 Å². The second-order valence-corrected chi connectivity index (χ2v) is 13.5. The number of carbonyl (C=O) groups is 5. The molecule has 2 bridgehead atoms. The Labute approximate surface area is 274 Å². The molecule has 0 aromatic heterocycles. The molecule has 0 unspecified atom stereocenters.